The van der Waals surface area contributed by atoms with Crippen LogP contribution in [0.15, 0.2) is 52.8 Å². The Hall–Kier alpha value is -2.36. The number of hydrogen-bond acceptors (Lipinski definition) is 2. The van der Waals surface area contributed by atoms with Crippen molar-refractivity contribution in [3.05, 3.63) is 75.1 Å². The van der Waals surface area contributed by atoms with Gasteiger partial charge >= 0.3 is 11.1 Å². The summed E-state index contributed by atoms with van der Waals surface area (Å²) in [6, 6.07) is 5.78. The SMILES string of the molecule is C=CCn1ccn(-c2cc(C)cc(C)c2)c(=O)c1=O. The van der Waals surface area contributed by atoms with E-state index in [9.17, 15) is 9.59 Å². The highest BCUT2D eigenvalue weighted by Crippen LogP contribution is 2.11. The van der Waals surface area contributed by atoms with Gasteiger partial charge in [0.05, 0.1) is 0 Å². The summed E-state index contributed by atoms with van der Waals surface area (Å²) in [6.45, 7) is 7.81. The summed E-state index contributed by atoms with van der Waals surface area (Å²) in [5.41, 5.74) is 1.73. The van der Waals surface area contributed by atoms with Crippen LogP contribution in [0.3, 0.4) is 0 Å². The molecule has 0 N–H and O–H groups in total. The molecule has 1 aromatic carbocycles. The molecule has 4 heteroatoms. The Balaban J connectivity index is 2.64. The van der Waals surface area contributed by atoms with Gasteiger partial charge in [-0.3, -0.25) is 14.2 Å². The molecule has 1 aromatic heterocycles. The Morgan fingerprint density at radius 1 is 1.05 bits per heavy atom. The van der Waals surface area contributed by atoms with Crippen LogP contribution in [0.2, 0.25) is 0 Å². The summed E-state index contributed by atoms with van der Waals surface area (Å²) in [4.78, 5) is 24.0. The zero-order valence-electron chi connectivity index (χ0n) is 11.1. The lowest BCUT2D eigenvalue weighted by Crippen LogP contribution is -2.39. The highest BCUT2D eigenvalue weighted by Gasteiger charge is 2.06. The molecule has 19 heavy (non-hydrogen) atoms. The second kappa shape index (κ2) is 5.10. The first-order valence-corrected chi connectivity index (χ1v) is 6.04. The highest BCUT2D eigenvalue weighted by atomic mass is 16.2. The van der Waals surface area contributed by atoms with Crippen LogP contribution in [-0.4, -0.2) is 9.13 Å². The van der Waals surface area contributed by atoms with Gasteiger partial charge in [-0.15, -0.1) is 6.58 Å². The molecule has 0 fully saturated rings. The van der Waals surface area contributed by atoms with E-state index in [2.05, 4.69) is 6.58 Å². The molecule has 1 heterocycles. The molecule has 0 aliphatic carbocycles. The number of aromatic nitrogens is 2. The Bertz CT molecular complexity index is 718. The Morgan fingerprint density at radius 2 is 1.68 bits per heavy atom. The molecule has 0 saturated heterocycles. The van der Waals surface area contributed by atoms with Crippen molar-refractivity contribution < 1.29 is 0 Å². The monoisotopic (exact) mass is 256 g/mol. The quantitative estimate of drug-likeness (QED) is 0.621. The summed E-state index contributed by atoms with van der Waals surface area (Å²) in [7, 11) is 0. The third-order valence-electron chi connectivity index (χ3n) is 2.87. The largest absolute Gasteiger partial charge is 0.320 e. The van der Waals surface area contributed by atoms with E-state index in [4.69, 9.17) is 0 Å². The van der Waals surface area contributed by atoms with E-state index in [1.807, 2.05) is 32.0 Å². The molecule has 0 atom stereocenters. The molecule has 0 aliphatic heterocycles. The number of hydrogen-bond donors (Lipinski definition) is 0. The van der Waals surface area contributed by atoms with Crippen molar-refractivity contribution >= 4 is 0 Å². The molecular weight excluding hydrogens is 240 g/mol. The van der Waals surface area contributed by atoms with Crippen LogP contribution in [0, 0.1) is 13.8 Å². The molecule has 0 amide bonds. The van der Waals surface area contributed by atoms with Crippen molar-refractivity contribution in [1.29, 1.82) is 0 Å². The van der Waals surface area contributed by atoms with Crippen LogP contribution in [-0.2, 0) is 6.54 Å². The van der Waals surface area contributed by atoms with E-state index in [1.54, 1.807) is 18.5 Å². The van der Waals surface area contributed by atoms with Crippen molar-refractivity contribution in [2.45, 2.75) is 20.4 Å². The van der Waals surface area contributed by atoms with Gasteiger partial charge in [0.15, 0.2) is 0 Å². The van der Waals surface area contributed by atoms with Crippen molar-refractivity contribution in [3.63, 3.8) is 0 Å². The van der Waals surface area contributed by atoms with Gasteiger partial charge in [0.1, 0.15) is 0 Å². The standard InChI is InChI=1S/C15H16N2O2/c1-4-5-16-6-7-17(15(19)14(16)18)13-9-11(2)8-12(3)10-13/h4,6-10H,1,5H2,2-3H3. The molecule has 0 radical (unpaired) electrons. The maximum Gasteiger partial charge on any atom is 0.320 e. The first-order chi connectivity index (χ1) is 9.02. The summed E-state index contributed by atoms with van der Waals surface area (Å²) in [6.07, 6.45) is 4.80. The van der Waals surface area contributed by atoms with Crippen LogP contribution in [0.25, 0.3) is 5.69 Å². The number of allylic oxidation sites excluding steroid dienone is 1. The number of aryl methyl sites for hydroxylation is 2. The molecule has 0 unspecified atom stereocenters. The van der Waals surface area contributed by atoms with Gasteiger partial charge in [0.2, 0.25) is 0 Å². The van der Waals surface area contributed by atoms with E-state index >= 15 is 0 Å². The number of nitrogens with zero attached hydrogens (tertiary/aromatic N) is 2. The summed E-state index contributed by atoms with van der Waals surface area (Å²) >= 11 is 0. The lowest BCUT2D eigenvalue weighted by atomic mass is 10.1. The molecule has 4 nitrogen and oxygen atoms in total. The van der Waals surface area contributed by atoms with Crippen molar-refractivity contribution in [3.8, 4) is 5.69 Å². The molecule has 2 rings (SSSR count). The summed E-state index contributed by atoms with van der Waals surface area (Å²) < 4.78 is 2.72. The third kappa shape index (κ3) is 2.57. The van der Waals surface area contributed by atoms with Gasteiger partial charge in [0.25, 0.3) is 0 Å². The lowest BCUT2D eigenvalue weighted by Gasteiger charge is -2.09. The highest BCUT2D eigenvalue weighted by molar-refractivity contribution is 5.39. The second-order valence-electron chi connectivity index (χ2n) is 4.57. The van der Waals surface area contributed by atoms with Gasteiger partial charge in [0, 0.05) is 24.6 Å². The van der Waals surface area contributed by atoms with Crippen LogP contribution in [0.4, 0.5) is 0 Å². The fourth-order valence-corrected chi connectivity index (χ4v) is 2.08. The van der Waals surface area contributed by atoms with Crippen LogP contribution >= 0.6 is 0 Å². The van der Waals surface area contributed by atoms with E-state index in [1.165, 1.54) is 9.13 Å². The minimum atomic E-state index is -0.547. The fourth-order valence-electron chi connectivity index (χ4n) is 2.08. The molecule has 98 valence electrons. The zero-order valence-corrected chi connectivity index (χ0v) is 11.1. The fraction of sp³-hybridized carbons (Fsp3) is 0.200. The summed E-state index contributed by atoms with van der Waals surface area (Å²) in [5.74, 6) is 0. The van der Waals surface area contributed by atoms with Crippen molar-refractivity contribution in [1.82, 2.24) is 9.13 Å². The maximum atomic E-state index is 12.1. The smallest absolute Gasteiger partial charge is 0.306 e. The minimum Gasteiger partial charge on any atom is -0.306 e. The van der Waals surface area contributed by atoms with Gasteiger partial charge in [-0.25, -0.2) is 0 Å². The van der Waals surface area contributed by atoms with Gasteiger partial charge in [-0.05, 0) is 37.1 Å². The molecule has 2 aromatic rings. The topological polar surface area (TPSA) is 44.0 Å². The Kier molecular flexibility index (Phi) is 3.51. The first-order valence-electron chi connectivity index (χ1n) is 6.04. The maximum absolute atomic E-state index is 12.1. The predicted molar refractivity (Wildman–Crippen MR) is 76.0 cm³/mol. The van der Waals surface area contributed by atoms with Gasteiger partial charge in [-0.1, -0.05) is 12.1 Å². The average molecular weight is 256 g/mol. The van der Waals surface area contributed by atoms with Crippen LogP contribution in [0.5, 0.6) is 0 Å². The van der Waals surface area contributed by atoms with Crippen LogP contribution < -0.4 is 11.1 Å². The third-order valence-corrected chi connectivity index (χ3v) is 2.87. The summed E-state index contributed by atoms with van der Waals surface area (Å²) in [5, 5.41) is 0. The van der Waals surface area contributed by atoms with E-state index in [0.29, 0.717) is 12.2 Å². The zero-order chi connectivity index (χ0) is 14.0. The lowest BCUT2D eigenvalue weighted by molar-refractivity contribution is 0.733. The van der Waals surface area contributed by atoms with Crippen molar-refractivity contribution in [2.75, 3.05) is 0 Å². The predicted octanol–water partition coefficient (Wildman–Crippen LogP) is 1.80. The van der Waals surface area contributed by atoms with E-state index < -0.39 is 11.1 Å². The van der Waals surface area contributed by atoms with Gasteiger partial charge in [-0.2, -0.15) is 0 Å². The van der Waals surface area contributed by atoms with E-state index in [0.717, 1.165) is 11.1 Å². The molecular formula is C15H16N2O2. The molecule has 0 spiro atoms. The number of benzene rings is 1. The van der Waals surface area contributed by atoms with Gasteiger partial charge < -0.3 is 4.57 Å². The van der Waals surface area contributed by atoms with Crippen LogP contribution in [0.1, 0.15) is 11.1 Å². The number of rotatable bonds is 3. The average Bonchev–Trinajstić information content (AvgIpc) is 2.34. The Morgan fingerprint density at radius 3 is 2.26 bits per heavy atom. The Labute approximate surface area is 111 Å². The minimum absolute atomic E-state index is 0.335. The normalized spacial score (nSPS) is 10.4. The van der Waals surface area contributed by atoms with E-state index in [-0.39, 0.29) is 0 Å². The molecule has 0 aliphatic rings. The second-order valence-corrected chi connectivity index (χ2v) is 4.57. The molecule has 0 bridgehead atoms. The van der Waals surface area contributed by atoms with Crippen molar-refractivity contribution in [2.24, 2.45) is 0 Å². The molecule has 0 saturated carbocycles. The first kappa shape index (κ1) is 13.1.